The number of aliphatic carboxylic acids is 1. The van der Waals surface area contributed by atoms with Gasteiger partial charge in [0.15, 0.2) is 0 Å². The number of carbonyl (C=O) groups is 1. The quantitative estimate of drug-likeness (QED) is 0.522. The molecule has 0 bridgehead atoms. The molecule has 0 atom stereocenters. The van der Waals surface area contributed by atoms with Crippen molar-refractivity contribution in [3.63, 3.8) is 0 Å². The van der Waals surface area contributed by atoms with E-state index in [9.17, 15) is 28.2 Å². The van der Waals surface area contributed by atoms with Crippen LogP contribution in [0.5, 0.6) is 0 Å². The molecular weight excluding hydrogens is 439 g/mol. The van der Waals surface area contributed by atoms with Gasteiger partial charge in [-0.2, -0.15) is 13.2 Å². The van der Waals surface area contributed by atoms with Crippen LogP contribution in [0.25, 0.3) is 5.69 Å². The summed E-state index contributed by atoms with van der Waals surface area (Å²) in [4.78, 5) is 22.9. The lowest BCUT2D eigenvalue weighted by Crippen LogP contribution is -2.34. The Kier molecular flexibility index (Phi) is 5.83. The largest absolute Gasteiger partial charge is 0.481 e. The zero-order valence-corrected chi connectivity index (χ0v) is 17.7. The van der Waals surface area contributed by atoms with E-state index in [0.29, 0.717) is 42.8 Å². The molecule has 0 saturated heterocycles. The van der Waals surface area contributed by atoms with Gasteiger partial charge in [0.1, 0.15) is 11.3 Å². The molecule has 3 N–H and O–H groups in total. The number of aryl methyl sites for hydroxylation is 1. The predicted molar refractivity (Wildman–Crippen MR) is 112 cm³/mol. The highest BCUT2D eigenvalue weighted by molar-refractivity contribution is 5.70. The first-order valence-electron chi connectivity index (χ1n) is 10.3. The van der Waals surface area contributed by atoms with E-state index in [1.807, 2.05) is 13.0 Å². The summed E-state index contributed by atoms with van der Waals surface area (Å²) in [6, 6.07) is 6.10. The van der Waals surface area contributed by atoms with Crippen molar-refractivity contribution < 1.29 is 28.2 Å². The van der Waals surface area contributed by atoms with Crippen LogP contribution in [-0.4, -0.2) is 35.7 Å². The van der Waals surface area contributed by atoms with E-state index in [1.165, 1.54) is 6.33 Å². The van der Waals surface area contributed by atoms with Crippen LogP contribution in [0.2, 0.25) is 0 Å². The summed E-state index contributed by atoms with van der Waals surface area (Å²) in [5, 5.41) is 23.0. The molecule has 0 spiro atoms. The molecule has 1 aromatic carbocycles. The van der Waals surface area contributed by atoms with Gasteiger partial charge in [0, 0.05) is 23.8 Å². The number of hydrogen-bond donors (Lipinski definition) is 3. The van der Waals surface area contributed by atoms with Crippen LogP contribution >= 0.6 is 0 Å². The molecule has 4 rings (SSSR count). The van der Waals surface area contributed by atoms with Gasteiger partial charge in [0.2, 0.25) is 5.95 Å². The Labute approximate surface area is 187 Å². The summed E-state index contributed by atoms with van der Waals surface area (Å²) in [6.45, 7) is 1.83. The number of nitrogens with one attached hydrogen (secondary N) is 1. The lowest BCUT2D eigenvalue weighted by atomic mass is 9.77. The number of aromatic nitrogens is 4. The maximum atomic E-state index is 12.9. The van der Waals surface area contributed by atoms with Crippen molar-refractivity contribution in [1.82, 2.24) is 19.5 Å². The molecule has 2 aromatic heterocycles. The van der Waals surface area contributed by atoms with Gasteiger partial charge in [-0.25, -0.2) is 15.0 Å². The van der Waals surface area contributed by atoms with Gasteiger partial charge in [0.05, 0.1) is 17.9 Å². The number of hydrogen-bond acceptors (Lipinski definition) is 6. The molecule has 33 heavy (non-hydrogen) atoms. The van der Waals surface area contributed by atoms with Crippen LogP contribution in [0.15, 0.2) is 43.0 Å². The molecule has 0 unspecified atom stereocenters. The molecule has 0 amide bonds. The minimum Gasteiger partial charge on any atom is -0.481 e. The Hall–Kier alpha value is -3.47. The SMILES string of the molecule is Cc1cc(Nc2nccc(C(F)(F)F)n2)cc(-n2cnc([C@]3(O)CC[C@@H](C(=O)O)CC3)c2)c1. The second-order valence-corrected chi connectivity index (χ2v) is 8.26. The summed E-state index contributed by atoms with van der Waals surface area (Å²) in [6.07, 6.45) is 1.02. The van der Waals surface area contributed by atoms with E-state index in [4.69, 9.17) is 0 Å². The Morgan fingerprint density at radius 3 is 2.61 bits per heavy atom. The molecule has 1 saturated carbocycles. The van der Waals surface area contributed by atoms with Crippen LogP contribution < -0.4 is 5.32 Å². The number of aliphatic hydroxyl groups is 1. The lowest BCUT2D eigenvalue weighted by molar-refractivity contribution is -0.145. The number of benzene rings is 1. The van der Waals surface area contributed by atoms with E-state index >= 15 is 0 Å². The molecular formula is C22H22F3N5O3. The van der Waals surface area contributed by atoms with E-state index in [1.54, 1.807) is 22.9 Å². The van der Waals surface area contributed by atoms with Crippen LogP contribution in [-0.2, 0) is 16.6 Å². The van der Waals surface area contributed by atoms with Gasteiger partial charge in [-0.1, -0.05) is 0 Å². The first kappa shape index (κ1) is 22.7. The van der Waals surface area contributed by atoms with E-state index in [0.717, 1.165) is 17.8 Å². The highest BCUT2D eigenvalue weighted by Crippen LogP contribution is 2.39. The first-order chi connectivity index (χ1) is 15.5. The van der Waals surface area contributed by atoms with Gasteiger partial charge in [-0.3, -0.25) is 4.79 Å². The average Bonchev–Trinajstić information content (AvgIpc) is 3.25. The van der Waals surface area contributed by atoms with Crippen LogP contribution in [0.4, 0.5) is 24.8 Å². The van der Waals surface area contributed by atoms with Gasteiger partial charge in [-0.15, -0.1) is 0 Å². The summed E-state index contributed by atoms with van der Waals surface area (Å²) in [5.41, 5.74) is 0.194. The molecule has 3 aromatic rings. The Balaban J connectivity index is 1.56. The van der Waals surface area contributed by atoms with Crippen LogP contribution in [0.1, 0.15) is 42.6 Å². The highest BCUT2D eigenvalue weighted by atomic mass is 19.4. The average molecular weight is 461 g/mol. The number of alkyl halides is 3. The molecule has 1 aliphatic rings. The fraction of sp³-hybridized carbons (Fsp3) is 0.364. The van der Waals surface area contributed by atoms with Crippen LogP contribution in [0, 0.1) is 12.8 Å². The minimum absolute atomic E-state index is 0.183. The second-order valence-electron chi connectivity index (χ2n) is 8.26. The van der Waals surface area contributed by atoms with Crippen LogP contribution in [0.3, 0.4) is 0 Å². The summed E-state index contributed by atoms with van der Waals surface area (Å²) in [7, 11) is 0. The standard InChI is InChI=1S/C22H22F3N5O3/c1-13-8-15(28-20-26-7-4-17(29-20)22(23,24)25)10-16(9-13)30-11-18(27-12-30)21(33)5-2-14(3-6-21)19(31)32/h4,7-12,14,33H,2-3,5-6H2,1H3,(H,31,32)(H,26,28,29)/t14-,21+. The normalized spacial score (nSPS) is 21.1. The third-order valence-corrected chi connectivity index (χ3v) is 5.78. The summed E-state index contributed by atoms with van der Waals surface area (Å²) >= 11 is 0. The molecule has 8 nitrogen and oxygen atoms in total. The maximum Gasteiger partial charge on any atom is 0.433 e. The predicted octanol–water partition coefficient (Wildman–Crippen LogP) is 4.20. The lowest BCUT2D eigenvalue weighted by Gasteiger charge is -2.33. The number of nitrogens with zero attached hydrogens (tertiary/aromatic N) is 4. The molecule has 1 aliphatic carbocycles. The monoisotopic (exact) mass is 461 g/mol. The van der Waals surface area contributed by atoms with Crippen molar-refractivity contribution in [2.75, 3.05) is 5.32 Å². The Bertz CT molecular complexity index is 1170. The zero-order valence-electron chi connectivity index (χ0n) is 17.7. The fourth-order valence-electron chi connectivity index (χ4n) is 3.99. The smallest absolute Gasteiger partial charge is 0.433 e. The number of halogens is 3. The van der Waals surface area contributed by atoms with E-state index in [2.05, 4.69) is 20.3 Å². The minimum atomic E-state index is -4.58. The van der Waals surface area contributed by atoms with Crippen molar-refractivity contribution in [3.8, 4) is 5.69 Å². The van der Waals surface area contributed by atoms with Gasteiger partial charge >= 0.3 is 12.1 Å². The molecule has 0 aliphatic heterocycles. The molecule has 2 heterocycles. The number of carboxylic acid groups (broad SMARTS) is 1. The Morgan fingerprint density at radius 2 is 1.94 bits per heavy atom. The van der Waals surface area contributed by atoms with E-state index < -0.39 is 29.4 Å². The fourth-order valence-corrected chi connectivity index (χ4v) is 3.99. The third-order valence-electron chi connectivity index (χ3n) is 5.78. The Morgan fingerprint density at radius 1 is 1.21 bits per heavy atom. The van der Waals surface area contributed by atoms with Crippen molar-refractivity contribution in [2.45, 2.75) is 44.4 Å². The summed E-state index contributed by atoms with van der Waals surface area (Å²) in [5.74, 6) is -1.50. The number of anilines is 2. The molecule has 1 fully saturated rings. The molecule has 0 radical (unpaired) electrons. The molecule has 174 valence electrons. The van der Waals surface area contributed by atoms with Crippen molar-refractivity contribution in [1.29, 1.82) is 0 Å². The van der Waals surface area contributed by atoms with Gasteiger partial charge in [0.25, 0.3) is 0 Å². The summed E-state index contributed by atoms with van der Waals surface area (Å²) < 4.78 is 40.5. The van der Waals surface area contributed by atoms with Crippen molar-refractivity contribution in [3.05, 3.63) is 59.9 Å². The van der Waals surface area contributed by atoms with Gasteiger partial charge < -0.3 is 20.1 Å². The number of carboxylic acids is 1. The topological polar surface area (TPSA) is 113 Å². The first-order valence-corrected chi connectivity index (χ1v) is 10.3. The van der Waals surface area contributed by atoms with Crippen molar-refractivity contribution in [2.24, 2.45) is 5.92 Å². The second kappa shape index (κ2) is 8.47. The molecule has 11 heteroatoms. The third kappa shape index (κ3) is 4.98. The highest BCUT2D eigenvalue weighted by Gasteiger charge is 2.38. The number of rotatable bonds is 5. The zero-order chi connectivity index (χ0) is 23.8. The van der Waals surface area contributed by atoms with Crippen molar-refractivity contribution >= 4 is 17.6 Å². The maximum absolute atomic E-state index is 12.9. The van der Waals surface area contributed by atoms with E-state index in [-0.39, 0.29) is 5.95 Å². The van der Waals surface area contributed by atoms with Gasteiger partial charge in [-0.05, 0) is 62.4 Å². The number of imidazole rings is 1.